The van der Waals surface area contributed by atoms with E-state index < -0.39 is 0 Å². The Bertz CT molecular complexity index is 564. The lowest BCUT2D eigenvalue weighted by atomic mass is 10.2. The quantitative estimate of drug-likeness (QED) is 0.932. The lowest BCUT2D eigenvalue weighted by molar-refractivity contribution is 0.0672. The van der Waals surface area contributed by atoms with Gasteiger partial charge in [-0.2, -0.15) is 0 Å². The van der Waals surface area contributed by atoms with Crippen molar-refractivity contribution in [2.75, 3.05) is 13.2 Å². The molecule has 2 aromatic rings. The maximum atomic E-state index is 12.3. The van der Waals surface area contributed by atoms with Gasteiger partial charge in [-0.25, -0.2) is 4.98 Å². The zero-order valence-electron chi connectivity index (χ0n) is 10.3. The molecule has 3 rings (SSSR count). The van der Waals surface area contributed by atoms with Gasteiger partial charge in [0, 0.05) is 17.5 Å². The molecule has 100 valence electrons. The van der Waals surface area contributed by atoms with Crippen molar-refractivity contribution in [1.29, 1.82) is 0 Å². The number of furan rings is 1. The Kier molecular flexibility index (Phi) is 3.35. The minimum atomic E-state index is -0.0949. The van der Waals surface area contributed by atoms with Gasteiger partial charge in [0.05, 0.1) is 18.9 Å². The van der Waals surface area contributed by atoms with Crippen LogP contribution in [0.5, 0.6) is 0 Å². The average molecular weight is 278 g/mol. The van der Waals surface area contributed by atoms with E-state index in [-0.39, 0.29) is 18.6 Å². The molecule has 1 saturated heterocycles. The predicted molar refractivity (Wildman–Crippen MR) is 71.0 cm³/mol. The van der Waals surface area contributed by atoms with Crippen LogP contribution in [0.1, 0.15) is 23.3 Å². The lowest BCUT2D eigenvalue weighted by Gasteiger charge is -2.21. The number of aliphatic hydroxyl groups is 1. The number of hydrogen-bond acceptors (Lipinski definition) is 5. The number of rotatable bonds is 3. The number of nitrogens with zero attached hydrogens (tertiary/aromatic N) is 2. The van der Waals surface area contributed by atoms with E-state index in [2.05, 4.69) is 4.98 Å². The summed E-state index contributed by atoms with van der Waals surface area (Å²) in [6, 6.07) is 1.76. The molecule has 1 amide bonds. The van der Waals surface area contributed by atoms with Crippen molar-refractivity contribution in [2.45, 2.75) is 18.9 Å². The van der Waals surface area contributed by atoms with Crippen molar-refractivity contribution in [3.8, 4) is 10.6 Å². The molecule has 0 aromatic carbocycles. The van der Waals surface area contributed by atoms with Crippen LogP contribution >= 0.6 is 11.3 Å². The normalized spacial score (nSPS) is 19.0. The Balaban J connectivity index is 1.81. The molecule has 1 fully saturated rings. The summed E-state index contributed by atoms with van der Waals surface area (Å²) in [6.45, 7) is 0.715. The Morgan fingerprint density at radius 1 is 1.63 bits per heavy atom. The van der Waals surface area contributed by atoms with E-state index in [0.717, 1.165) is 23.4 Å². The topological polar surface area (TPSA) is 66.6 Å². The lowest BCUT2D eigenvalue weighted by Crippen LogP contribution is -2.37. The molecule has 1 atom stereocenters. The molecule has 0 spiro atoms. The van der Waals surface area contributed by atoms with Gasteiger partial charge in [0.15, 0.2) is 0 Å². The van der Waals surface area contributed by atoms with Gasteiger partial charge in [0.25, 0.3) is 5.91 Å². The number of aliphatic hydroxyl groups excluding tert-OH is 1. The molecule has 19 heavy (non-hydrogen) atoms. The highest BCUT2D eigenvalue weighted by atomic mass is 32.1. The van der Waals surface area contributed by atoms with Gasteiger partial charge in [0.1, 0.15) is 17.0 Å². The maximum absolute atomic E-state index is 12.3. The third kappa shape index (κ3) is 2.29. The zero-order chi connectivity index (χ0) is 13.2. The van der Waals surface area contributed by atoms with Crippen LogP contribution in [0, 0.1) is 0 Å². The molecule has 0 aliphatic carbocycles. The minimum absolute atomic E-state index is 0.0183. The summed E-state index contributed by atoms with van der Waals surface area (Å²) in [4.78, 5) is 18.4. The number of carbonyl (C=O) groups excluding carboxylic acids is 1. The Morgan fingerprint density at radius 3 is 3.26 bits per heavy atom. The van der Waals surface area contributed by atoms with Crippen LogP contribution in [-0.4, -0.2) is 40.1 Å². The second-order valence-corrected chi connectivity index (χ2v) is 5.39. The molecule has 0 bridgehead atoms. The highest BCUT2D eigenvalue weighted by molar-refractivity contribution is 7.13. The number of thiazole rings is 1. The summed E-state index contributed by atoms with van der Waals surface area (Å²) < 4.78 is 5.01. The number of amides is 1. The van der Waals surface area contributed by atoms with Crippen molar-refractivity contribution in [2.24, 2.45) is 0 Å². The smallest absolute Gasteiger partial charge is 0.273 e. The van der Waals surface area contributed by atoms with Crippen LogP contribution in [0.25, 0.3) is 10.6 Å². The molecule has 1 N–H and O–H groups in total. The first-order valence-corrected chi connectivity index (χ1v) is 7.07. The molecule has 1 aliphatic rings. The van der Waals surface area contributed by atoms with Crippen LogP contribution in [0.15, 0.2) is 28.4 Å². The molecular weight excluding hydrogens is 264 g/mol. The van der Waals surface area contributed by atoms with Gasteiger partial charge in [-0.15, -0.1) is 11.3 Å². The fourth-order valence-electron chi connectivity index (χ4n) is 2.33. The molecule has 0 unspecified atom stereocenters. The summed E-state index contributed by atoms with van der Waals surface area (Å²) in [6.07, 6.45) is 5.00. The van der Waals surface area contributed by atoms with Crippen molar-refractivity contribution in [3.05, 3.63) is 29.7 Å². The van der Waals surface area contributed by atoms with Gasteiger partial charge in [-0.3, -0.25) is 4.79 Å². The minimum Gasteiger partial charge on any atom is -0.472 e. The first kappa shape index (κ1) is 12.4. The van der Waals surface area contributed by atoms with Crippen LogP contribution in [-0.2, 0) is 0 Å². The van der Waals surface area contributed by atoms with Crippen molar-refractivity contribution < 1.29 is 14.3 Å². The summed E-state index contributed by atoms with van der Waals surface area (Å²) in [5, 5.41) is 11.8. The Labute approximate surface area is 114 Å². The Morgan fingerprint density at radius 2 is 2.53 bits per heavy atom. The number of hydrogen-bond donors (Lipinski definition) is 1. The molecular formula is C13H14N2O3S. The summed E-state index contributed by atoms with van der Waals surface area (Å²) in [5.41, 5.74) is 1.32. The van der Waals surface area contributed by atoms with Crippen molar-refractivity contribution in [1.82, 2.24) is 9.88 Å². The van der Waals surface area contributed by atoms with Crippen LogP contribution in [0.3, 0.4) is 0 Å². The molecule has 6 heteroatoms. The second kappa shape index (κ2) is 5.14. The average Bonchev–Trinajstić information content (AvgIpc) is 3.16. The van der Waals surface area contributed by atoms with E-state index in [1.165, 1.54) is 11.3 Å². The maximum Gasteiger partial charge on any atom is 0.273 e. The molecule has 5 nitrogen and oxygen atoms in total. The second-order valence-electron chi connectivity index (χ2n) is 4.53. The van der Waals surface area contributed by atoms with Gasteiger partial charge < -0.3 is 14.4 Å². The first-order valence-electron chi connectivity index (χ1n) is 6.19. The monoisotopic (exact) mass is 278 g/mol. The van der Waals surface area contributed by atoms with E-state index in [1.807, 2.05) is 6.07 Å². The number of aromatic nitrogens is 1. The third-order valence-corrected chi connectivity index (χ3v) is 4.23. The fourth-order valence-corrected chi connectivity index (χ4v) is 3.11. The fraction of sp³-hybridized carbons (Fsp3) is 0.385. The molecule has 0 saturated carbocycles. The SMILES string of the molecule is O=C(c1csc(-c2ccoc2)n1)N1CCC[C@@H]1CO. The van der Waals surface area contributed by atoms with Gasteiger partial charge in [0.2, 0.25) is 0 Å². The van der Waals surface area contributed by atoms with Gasteiger partial charge in [-0.1, -0.05) is 0 Å². The van der Waals surface area contributed by atoms with Gasteiger partial charge >= 0.3 is 0 Å². The summed E-state index contributed by atoms with van der Waals surface area (Å²) in [7, 11) is 0. The zero-order valence-corrected chi connectivity index (χ0v) is 11.1. The Hall–Kier alpha value is -1.66. The van der Waals surface area contributed by atoms with E-state index in [0.29, 0.717) is 12.2 Å². The third-order valence-electron chi connectivity index (χ3n) is 3.34. The van der Waals surface area contributed by atoms with E-state index in [4.69, 9.17) is 4.42 Å². The molecule has 0 radical (unpaired) electrons. The molecule has 3 heterocycles. The largest absolute Gasteiger partial charge is 0.472 e. The van der Waals surface area contributed by atoms with Crippen LogP contribution in [0.4, 0.5) is 0 Å². The van der Waals surface area contributed by atoms with Gasteiger partial charge in [-0.05, 0) is 18.9 Å². The van der Waals surface area contributed by atoms with Crippen LogP contribution in [0.2, 0.25) is 0 Å². The van der Waals surface area contributed by atoms with Crippen LogP contribution < -0.4 is 0 Å². The predicted octanol–water partition coefficient (Wildman–Crippen LogP) is 2.00. The number of carbonyl (C=O) groups is 1. The molecule has 2 aromatic heterocycles. The van der Waals surface area contributed by atoms with Crippen molar-refractivity contribution >= 4 is 17.2 Å². The van der Waals surface area contributed by atoms with E-state index in [1.54, 1.807) is 22.8 Å². The van der Waals surface area contributed by atoms with Crippen molar-refractivity contribution in [3.63, 3.8) is 0 Å². The first-order chi connectivity index (χ1) is 9.29. The number of likely N-dealkylation sites (tertiary alicyclic amines) is 1. The molecule has 1 aliphatic heterocycles. The highest BCUT2D eigenvalue weighted by Gasteiger charge is 2.30. The van der Waals surface area contributed by atoms with E-state index >= 15 is 0 Å². The van der Waals surface area contributed by atoms with E-state index in [9.17, 15) is 9.90 Å². The highest BCUT2D eigenvalue weighted by Crippen LogP contribution is 2.26. The summed E-state index contributed by atoms with van der Waals surface area (Å²) >= 11 is 1.42. The summed E-state index contributed by atoms with van der Waals surface area (Å²) in [5.74, 6) is -0.0949. The standard InChI is InChI=1S/C13H14N2O3S/c16-6-10-2-1-4-15(10)13(17)11-8-19-12(14-11)9-3-5-18-7-9/h3,5,7-8,10,16H,1-2,4,6H2/t10-/m1/s1.